The standard InChI is InChI=1S/C18H19FN4O2.C7H8O3S/c1-12-6-13(4-5-21-12)10-22-18-23-16-3-2-15(7-17(16)25-18)24-11-14(8-19)9-20;1-6-2-4-7(5-3-6)11(8,9)10/h2-8H,9-11,20H2,1H3,(H,22,23);2-5H,1H3,(H,8,9,10)/b14-8-;. The fourth-order valence-corrected chi connectivity index (χ4v) is 3.46. The maximum absolute atomic E-state index is 12.5. The van der Waals surface area contributed by atoms with Crippen LogP contribution in [0.1, 0.15) is 16.8 Å². The number of hydrogen-bond donors (Lipinski definition) is 3. The summed E-state index contributed by atoms with van der Waals surface area (Å²) in [5.74, 6) is 0.563. The van der Waals surface area contributed by atoms with Gasteiger partial charge in [0.05, 0.1) is 11.2 Å². The highest BCUT2D eigenvalue weighted by Crippen LogP contribution is 2.24. The highest BCUT2D eigenvalue weighted by molar-refractivity contribution is 7.85. The van der Waals surface area contributed by atoms with Gasteiger partial charge in [0.1, 0.15) is 17.9 Å². The molecule has 2 aromatic heterocycles. The van der Waals surface area contributed by atoms with E-state index in [0.717, 1.165) is 16.8 Å². The van der Waals surface area contributed by atoms with E-state index in [9.17, 15) is 12.8 Å². The van der Waals surface area contributed by atoms with E-state index in [1.54, 1.807) is 36.5 Å². The Kier molecular flexibility index (Phi) is 9.12. The number of nitrogens with one attached hydrogen (secondary N) is 1. The number of nitrogens with two attached hydrogens (primary N) is 1. The van der Waals surface area contributed by atoms with Gasteiger partial charge in [-0.05, 0) is 55.8 Å². The number of aryl methyl sites for hydroxylation is 2. The number of anilines is 1. The molecule has 4 aromatic rings. The largest absolute Gasteiger partial charge is 0.489 e. The normalized spacial score (nSPS) is 11.6. The zero-order chi connectivity index (χ0) is 26.1. The minimum atomic E-state index is -4.02. The van der Waals surface area contributed by atoms with Crippen LogP contribution in [0.15, 0.2) is 82.0 Å². The van der Waals surface area contributed by atoms with Gasteiger partial charge in [-0.25, -0.2) is 4.39 Å². The third kappa shape index (κ3) is 7.87. The first-order valence-corrected chi connectivity index (χ1v) is 12.3. The summed E-state index contributed by atoms with van der Waals surface area (Å²) in [5.41, 5.74) is 10.1. The molecule has 0 radical (unpaired) electrons. The van der Waals surface area contributed by atoms with Crippen LogP contribution in [0, 0.1) is 13.8 Å². The third-order valence-corrected chi connectivity index (χ3v) is 5.79. The Bertz CT molecular complexity index is 1440. The Morgan fingerprint density at radius 2 is 1.92 bits per heavy atom. The average molecular weight is 515 g/mol. The molecule has 0 aliphatic heterocycles. The topological polar surface area (TPSA) is 141 Å². The zero-order valence-corrected chi connectivity index (χ0v) is 20.6. The molecule has 0 saturated carbocycles. The van der Waals surface area contributed by atoms with E-state index in [1.807, 2.05) is 26.0 Å². The molecule has 4 N–H and O–H groups in total. The van der Waals surface area contributed by atoms with Crippen molar-refractivity contribution in [2.45, 2.75) is 25.3 Å². The molecule has 11 heteroatoms. The highest BCUT2D eigenvalue weighted by atomic mass is 32.2. The van der Waals surface area contributed by atoms with E-state index in [2.05, 4.69) is 15.3 Å². The van der Waals surface area contributed by atoms with Gasteiger partial charge in [0.2, 0.25) is 0 Å². The minimum absolute atomic E-state index is 0.0666. The van der Waals surface area contributed by atoms with Gasteiger partial charge in [-0.15, -0.1) is 0 Å². The van der Waals surface area contributed by atoms with E-state index < -0.39 is 10.1 Å². The van der Waals surface area contributed by atoms with Crippen molar-refractivity contribution in [2.24, 2.45) is 5.73 Å². The third-order valence-electron chi connectivity index (χ3n) is 4.92. The Morgan fingerprint density at radius 3 is 2.56 bits per heavy atom. The van der Waals surface area contributed by atoms with Crippen molar-refractivity contribution in [3.05, 3.63) is 89.5 Å². The maximum atomic E-state index is 12.5. The van der Waals surface area contributed by atoms with Gasteiger partial charge in [-0.2, -0.15) is 13.4 Å². The molecule has 9 nitrogen and oxygen atoms in total. The molecule has 0 unspecified atom stereocenters. The molecule has 36 heavy (non-hydrogen) atoms. The molecule has 0 spiro atoms. The fraction of sp³-hybridized carbons (Fsp3) is 0.200. The monoisotopic (exact) mass is 514 g/mol. The van der Waals surface area contributed by atoms with Gasteiger partial charge in [0.15, 0.2) is 5.58 Å². The van der Waals surface area contributed by atoms with Crippen LogP contribution in [0.25, 0.3) is 11.1 Å². The Morgan fingerprint density at radius 1 is 1.17 bits per heavy atom. The smallest absolute Gasteiger partial charge is 0.295 e. The van der Waals surface area contributed by atoms with E-state index in [1.165, 1.54) is 12.1 Å². The van der Waals surface area contributed by atoms with Crippen LogP contribution in [0.2, 0.25) is 0 Å². The molecular formula is C25H27FN4O5S. The van der Waals surface area contributed by atoms with Gasteiger partial charge in [0, 0.05) is 36.6 Å². The van der Waals surface area contributed by atoms with Crippen molar-refractivity contribution in [1.82, 2.24) is 9.97 Å². The molecule has 2 aromatic carbocycles. The lowest BCUT2D eigenvalue weighted by Gasteiger charge is -2.06. The quantitative estimate of drug-likeness (QED) is 0.288. The summed E-state index contributed by atoms with van der Waals surface area (Å²) in [6, 6.07) is 15.6. The van der Waals surface area contributed by atoms with Crippen molar-refractivity contribution in [3.8, 4) is 5.75 Å². The first kappa shape index (κ1) is 26.8. The fourth-order valence-electron chi connectivity index (χ4n) is 2.98. The van der Waals surface area contributed by atoms with Crippen LogP contribution < -0.4 is 15.8 Å². The van der Waals surface area contributed by atoms with Gasteiger partial charge < -0.3 is 20.2 Å². The second-order valence-corrected chi connectivity index (χ2v) is 9.28. The second-order valence-electron chi connectivity index (χ2n) is 7.86. The summed E-state index contributed by atoms with van der Waals surface area (Å²) >= 11 is 0. The van der Waals surface area contributed by atoms with Gasteiger partial charge in [-0.3, -0.25) is 9.54 Å². The number of benzene rings is 2. The minimum Gasteiger partial charge on any atom is -0.489 e. The molecule has 0 saturated heterocycles. The van der Waals surface area contributed by atoms with Crippen molar-refractivity contribution in [2.75, 3.05) is 18.5 Å². The summed E-state index contributed by atoms with van der Waals surface area (Å²) in [6.45, 7) is 4.58. The second kappa shape index (κ2) is 12.2. The first-order chi connectivity index (χ1) is 17.2. The summed E-state index contributed by atoms with van der Waals surface area (Å²) in [4.78, 5) is 8.48. The van der Waals surface area contributed by atoms with E-state index in [0.29, 0.717) is 41.3 Å². The van der Waals surface area contributed by atoms with Crippen LogP contribution in [0.5, 0.6) is 5.75 Å². The van der Waals surface area contributed by atoms with Crippen molar-refractivity contribution in [1.29, 1.82) is 0 Å². The number of nitrogens with zero attached hydrogens (tertiary/aromatic N) is 2. The summed E-state index contributed by atoms with van der Waals surface area (Å²) in [7, 11) is -4.02. The molecule has 0 aliphatic rings. The molecule has 0 fully saturated rings. The number of halogens is 1. The van der Waals surface area contributed by atoms with Gasteiger partial charge in [-0.1, -0.05) is 17.7 Å². The molecule has 0 atom stereocenters. The van der Waals surface area contributed by atoms with Crippen LogP contribution in [0.3, 0.4) is 0 Å². The number of rotatable bonds is 8. The molecule has 0 bridgehead atoms. The Balaban J connectivity index is 0.000000275. The summed E-state index contributed by atoms with van der Waals surface area (Å²) in [5, 5.41) is 3.14. The number of ether oxygens (including phenoxy) is 1. The first-order valence-electron chi connectivity index (χ1n) is 10.9. The van der Waals surface area contributed by atoms with Crippen molar-refractivity contribution in [3.63, 3.8) is 0 Å². The SMILES string of the molecule is Cc1cc(CNc2nc3ccc(OC/C(=C\F)CN)cc3o2)ccn1.Cc1ccc(S(=O)(=O)O)cc1. The molecular weight excluding hydrogens is 487 g/mol. The van der Waals surface area contributed by atoms with Crippen LogP contribution in [-0.2, 0) is 16.7 Å². The molecule has 0 aliphatic carbocycles. The predicted molar refractivity (Wildman–Crippen MR) is 135 cm³/mol. The summed E-state index contributed by atoms with van der Waals surface area (Å²) < 4.78 is 53.3. The Hall–Kier alpha value is -3.80. The highest BCUT2D eigenvalue weighted by Gasteiger charge is 2.08. The average Bonchev–Trinajstić information content (AvgIpc) is 3.26. The Labute approximate surface area is 208 Å². The van der Waals surface area contributed by atoms with E-state index in [-0.39, 0.29) is 18.0 Å². The molecule has 2 heterocycles. The molecule has 190 valence electrons. The number of hydrogen-bond acceptors (Lipinski definition) is 8. The maximum Gasteiger partial charge on any atom is 0.295 e. The van der Waals surface area contributed by atoms with Crippen LogP contribution >= 0.6 is 0 Å². The number of oxazole rings is 1. The molecule has 0 amide bonds. The van der Waals surface area contributed by atoms with Crippen molar-refractivity contribution < 1.29 is 26.5 Å². The van der Waals surface area contributed by atoms with Gasteiger partial charge >= 0.3 is 0 Å². The lowest BCUT2D eigenvalue weighted by atomic mass is 10.2. The van der Waals surface area contributed by atoms with Crippen LogP contribution in [-0.4, -0.2) is 36.1 Å². The van der Waals surface area contributed by atoms with Crippen molar-refractivity contribution >= 4 is 27.2 Å². The lowest BCUT2D eigenvalue weighted by molar-refractivity contribution is 0.347. The predicted octanol–water partition coefficient (Wildman–Crippen LogP) is 4.58. The van der Waals surface area contributed by atoms with Gasteiger partial charge in [0.25, 0.3) is 16.1 Å². The molecule has 4 rings (SSSR count). The number of aromatic nitrogens is 2. The number of fused-ring (bicyclic) bond motifs is 1. The number of pyridine rings is 1. The van der Waals surface area contributed by atoms with E-state index in [4.69, 9.17) is 19.4 Å². The lowest BCUT2D eigenvalue weighted by Crippen LogP contribution is -2.10. The van der Waals surface area contributed by atoms with Crippen LogP contribution in [0.4, 0.5) is 10.4 Å². The summed E-state index contributed by atoms with van der Waals surface area (Å²) in [6.07, 6.45) is 2.24. The zero-order valence-electron chi connectivity index (χ0n) is 19.8. The van der Waals surface area contributed by atoms with E-state index >= 15 is 0 Å².